The van der Waals surface area contributed by atoms with E-state index in [2.05, 4.69) is 10.6 Å². The Kier molecular flexibility index (Phi) is 6.32. The summed E-state index contributed by atoms with van der Waals surface area (Å²) in [6.45, 7) is 7.59. The van der Waals surface area contributed by atoms with E-state index in [0.29, 0.717) is 16.8 Å². The van der Waals surface area contributed by atoms with Crippen LogP contribution >= 0.6 is 0 Å². The third kappa shape index (κ3) is 4.62. The van der Waals surface area contributed by atoms with Gasteiger partial charge in [-0.05, 0) is 61.2 Å². The molecule has 0 spiro atoms. The molecule has 6 heteroatoms. The van der Waals surface area contributed by atoms with Gasteiger partial charge in [-0.15, -0.1) is 0 Å². The molecular formula is C28H27N3O3. The normalized spacial score (nSPS) is 13.5. The van der Waals surface area contributed by atoms with Crippen molar-refractivity contribution in [2.24, 2.45) is 0 Å². The number of amides is 3. The molecule has 0 bridgehead atoms. The zero-order valence-corrected chi connectivity index (χ0v) is 19.7. The lowest BCUT2D eigenvalue weighted by Gasteiger charge is -2.16. The molecule has 1 aliphatic heterocycles. The topological polar surface area (TPSA) is 78.5 Å². The molecular weight excluding hydrogens is 426 g/mol. The van der Waals surface area contributed by atoms with Crippen LogP contribution in [0.5, 0.6) is 0 Å². The Morgan fingerprint density at radius 2 is 1.53 bits per heavy atom. The summed E-state index contributed by atoms with van der Waals surface area (Å²) in [4.78, 5) is 39.7. The summed E-state index contributed by atoms with van der Waals surface area (Å²) in [7, 11) is 0. The van der Waals surface area contributed by atoms with E-state index in [4.69, 9.17) is 0 Å². The van der Waals surface area contributed by atoms with Crippen molar-refractivity contribution in [1.82, 2.24) is 4.90 Å². The van der Waals surface area contributed by atoms with E-state index in [0.717, 1.165) is 27.9 Å². The second-order valence-corrected chi connectivity index (χ2v) is 8.56. The summed E-state index contributed by atoms with van der Waals surface area (Å²) < 4.78 is 0. The molecule has 3 aromatic rings. The van der Waals surface area contributed by atoms with Gasteiger partial charge in [0.2, 0.25) is 5.91 Å². The van der Waals surface area contributed by atoms with Crippen LogP contribution in [0.1, 0.15) is 34.7 Å². The van der Waals surface area contributed by atoms with Crippen molar-refractivity contribution in [3.05, 3.63) is 100 Å². The number of hydrogen-bond acceptors (Lipinski definition) is 4. The van der Waals surface area contributed by atoms with Crippen molar-refractivity contribution in [3.8, 4) is 0 Å². The number of benzene rings is 3. The average molecular weight is 454 g/mol. The molecule has 172 valence electrons. The number of anilines is 2. The van der Waals surface area contributed by atoms with Gasteiger partial charge in [-0.1, -0.05) is 54.1 Å². The lowest BCUT2D eigenvalue weighted by Crippen LogP contribution is -2.32. The standard InChI is InChI=1S/C28H27N3O3/c1-17-8-10-21(11-9-17)16-31-27(33)25(22-12-14-23(15-13-22)29-20(4)32)26(28(31)34)30-24-7-5-6-18(2)19(24)3/h5-15,30H,16H2,1-4H3,(H,29,32). The first-order valence-electron chi connectivity index (χ1n) is 11.1. The highest BCUT2D eigenvalue weighted by Gasteiger charge is 2.39. The van der Waals surface area contributed by atoms with Gasteiger partial charge < -0.3 is 10.6 Å². The Morgan fingerprint density at radius 1 is 0.853 bits per heavy atom. The first-order valence-corrected chi connectivity index (χ1v) is 11.1. The van der Waals surface area contributed by atoms with Crippen molar-refractivity contribution < 1.29 is 14.4 Å². The largest absolute Gasteiger partial charge is 0.350 e. The van der Waals surface area contributed by atoms with Gasteiger partial charge in [0, 0.05) is 18.3 Å². The van der Waals surface area contributed by atoms with E-state index in [-0.39, 0.29) is 30.0 Å². The zero-order valence-electron chi connectivity index (χ0n) is 19.7. The highest BCUT2D eigenvalue weighted by molar-refractivity contribution is 6.36. The number of carbonyl (C=O) groups excluding carboxylic acids is 3. The molecule has 0 aliphatic carbocycles. The lowest BCUT2D eigenvalue weighted by molar-refractivity contribution is -0.137. The van der Waals surface area contributed by atoms with Crippen LogP contribution in [0, 0.1) is 20.8 Å². The van der Waals surface area contributed by atoms with Gasteiger partial charge in [0.15, 0.2) is 0 Å². The maximum atomic E-state index is 13.5. The highest BCUT2D eigenvalue weighted by atomic mass is 16.2. The second kappa shape index (κ2) is 9.35. The number of aryl methyl sites for hydroxylation is 2. The Bertz CT molecular complexity index is 1310. The average Bonchev–Trinajstić information content (AvgIpc) is 3.03. The molecule has 0 fully saturated rings. The number of rotatable bonds is 6. The number of carbonyl (C=O) groups is 3. The Labute approximate surface area is 199 Å². The van der Waals surface area contributed by atoms with Crippen molar-refractivity contribution in [2.75, 3.05) is 10.6 Å². The number of imide groups is 1. The minimum atomic E-state index is -0.368. The fraction of sp³-hybridized carbons (Fsp3) is 0.179. The van der Waals surface area contributed by atoms with Crippen LogP contribution in [-0.4, -0.2) is 22.6 Å². The fourth-order valence-corrected chi connectivity index (χ4v) is 3.92. The van der Waals surface area contributed by atoms with Crippen LogP contribution in [0.3, 0.4) is 0 Å². The second-order valence-electron chi connectivity index (χ2n) is 8.56. The van der Waals surface area contributed by atoms with Crippen LogP contribution in [0.2, 0.25) is 0 Å². The molecule has 0 saturated heterocycles. The third-order valence-electron chi connectivity index (χ3n) is 5.99. The third-order valence-corrected chi connectivity index (χ3v) is 5.99. The summed E-state index contributed by atoms with van der Waals surface area (Å²) in [5, 5.41) is 5.97. The molecule has 0 atom stereocenters. The predicted molar refractivity (Wildman–Crippen MR) is 134 cm³/mol. The molecule has 4 rings (SSSR count). The van der Waals surface area contributed by atoms with Gasteiger partial charge in [-0.3, -0.25) is 19.3 Å². The van der Waals surface area contributed by atoms with Gasteiger partial charge in [-0.2, -0.15) is 0 Å². The van der Waals surface area contributed by atoms with Crippen molar-refractivity contribution in [1.29, 1.82) is 0 Å². The van der Waals surface area contributed by atoms with E-state index in [1.165, 1.54) is 11.8 Å². The lowest BCUT2D eigenvalue weighted by atomic mass is 10.0. The molecule has 0 aromatic heterocycles. The zero-order chi connectivity index (χ0) is 24.4. The van der Waals surface area contributed by atoms with Gasteiger partial charge in [0.1, 0.15) is 5.70 Å². The van der Waals surface area contributed by atoms with Gasteiger partial charge >= 0.3 is 0 Å². The molecule has 0 saturated carbocycles. The van der Waals surface area contributed by atoms with E-state index in [9.17, 15) is 14.4 Å². The van der Waals surface area contributed by atoms with Crippen LogP contribution in [0.15, 0.2) is 72.4 Å². The predicted octanol–water partition coefficient (Wildman–Crippen LogP) is 4.96. The number of nitrogens with one attached hydrogen (secondary N) is 2. The maximum Gasteiger partial charge on any atom is 0.278 e. The van der Waals surface area contributed by atoms with Gasteiger partial charge in [-0.25, -0.2) is 0 Å². The summed E-state index contributed by atoms with van der Waals surface area (Å²) in [6, 6.07) is 20.5. The molecule has 2 N–H and O–H groups in total. The quantitative estimate of drug-likeness (QED) is 0.517. The van der Waals surface area contributed by atoms with Crippen molar-refractivity contribution in [3.63, 3.8) is 0 Å². The summed E-state index contributed by atoms with van der Waals surface area (Å²) in [5.74, 6) is -0.904. The Hall–Kier alpha value is -4.19. The Balaban J connectivity index is 1.74. The van der Waals surface area contributed by atoms with Crippen LogP contribution in [-0.2, 0) is 20.9 Å². The summed E-state index contributed by atoms with van der Waals surface area (Å²) in [5.41, 5.74) is 6.64. The van der Waals surface area contributed by atoms with Gasteiger partial charge in [0.25, 0.3) is 11.8 Å². The van der Waals surface area contributed by atoms with Crippen LogP contribution in [0.4, 0.5) is 11.4 Å². The molecule has 6 nitrogen and oxygen atoms in total. The molecule has 3 aromatic carbocycles. The monoisotopic (exact) mass is 453 g/mol. The van der Waals surface area contributed by atoms with Gasteiger partial charge in [0.05, 0.1) is 12.1 Å². The summed E-state index contributed by atoms with van der Waals surface area (Å²) in [6.07, 6.45) is 0. The van der Waals surface area contributed by atoms with Crippen molar-refractivity contribution >= 4 is 34.7 Å². The number of hydrogen-bond donors (Lipinski definition) is 2. The van der Waals surface area contributed by atoms with Crippen molar-refractivity contribution in [2.45, 2.75) is 34.2 Å². The first-order chi connectivity index (χ1) is 16.2. The minimum Gasteiger partial charge on any atom is -0.350 e. The first kappa shape index (κ1) is 23.0. The molecule has 34 heavy (non-hydrogen) atoms. The SMILES string of the molecule is CC(=O)Nc1ccc(C2=C(Nc3cccc(C)c3C)C(=O)N(Cc3ccc(C)cc3)C2=O)cc1. The maximum absolute atomic E-state index is 13.5. The molecule has 1 heterocycles. The molecule has 1 aliphatic rings. The van der Waals surface area contributed by atoms with E-state index >= 15 is 0 Å². The Morgan fingerprint density at radius 3 is 2.18 bits per heavy atom. The molecule has 0 unspecified atom stereocenters. The molecule has 3 amide bonds. The van der Waals surface area contributed by atoms with Crippen LogP contribution < -0.4 is 10.6 Å². The number of nitrogens with zero attached hydrogens (tertiary/aromatic N) is 1. The van der Waals surface area contributed by atoms with E-state index < -0.39 is 0 Å². The fourth-order valence-electron chi connectivity index (χ4n) is 3.92. The van der Waals surface area contributed by atoms with E-state index in [1.54, 1.807) is 24.3 Å². The molecule has 0 radical (unpaired) electrons. The minimum absolute atomic E-state index is 0.180. The summed E-state index contributed by atoms with van der Waals surface area (Å²) >= 11 is 0. The van der Waals surface area contributed by atoms with Crippen LogP contribution in [0.25, 0.3) is 5.57 Å². The smallest absolute Gasteiger partial charge is 0.278 e. The highest BCUT2D eigenvalue weighted by Crippen LogP contribution is 2.33. The van der Waals surface area contributed by atoms with E-state index in [1.807, 2.05) is 63.2 Å².